The molecule has 0 radical (unpaired) electrons. The van der Waals surface area contributed by atoms with Crippen molar-refractivity contribution in [2.75, 3.05) is 19.6 Å². The molecule has 1 fully saturated rings. The summed E-state index contributed by atoms with van der Waals surface area (Å²) in [5, 5.41) is 0.875. The number of unbranched alkanes of at least 4 members (excludes halogenated alkanes) is 1. The van der Waals surface area contributed by atoms with Gasteiger partial charge in [-0.05, 0) is 30.4 Å². The average molecular weight is 429 g/mol. The van der Waals surface area contributed by atoms with Crippen LogP contribution >= 0.6 is 11.6 Å². The van der Waals surface area contributed by atoms with Crippen molar-refractivity contribution in [3.63, 3.8) is 0 Å². The molecule has 0 aliphatic carbocycles. The molecule has 1 amide bonds. The van der Waals surface area contributed by atoms with Crippen molar-refractivity contribution in [2.45, 2.75) is 53.4 Å². The fraction of sp³-hybridized carbons (Fsp3) is 0.440. The number of hydrogen-bond acceptors (Lipinski definition) is 3. The molecular formula is C25H33ClN2O2. The van der Waals surface area contributed by atoms with Gasteiger partial charge in [-0.2, -0.15) is 0 Å². The Hall–Kier alpha value is -2.51. The Labute approximate surface area is 186 Å². The van der Waals surface area contributed by atoms with Crippen LogP contribution in [0, 0.1) is 11.8 Å². The fourth-order valence-corrected chi connectivity index (χ4v) is 3.25. The van der Waals surface area contributed by atoms with Gasteiger partial charge in [-0.3, -0.25) is 9.59 Å². The van der Waals surface area contributed by atoms with Crippen LogP contribution in [0.25, 0.3) is 0 Å². The third-order valence-corrected chi connectivity index (χ3v) is 4.99. The van der Waals surface area contributed by atoms with Gasteiger partial charge in [0.15, 0.2) is 5.78 Å². The van der Waals surface area contributed by atoms with E-state index >= 15 is 0 Å². The van der Waals surface area contributed by atoms with E-state index in [1.54, 1.807) is 11.8 Å². The minimum atomic E-state index is -0.167. The van der Waals surface area contributed by atoms with Crippen LogP contribution < -0.4 is 0 Å². The number of carbonyl (C=O) groups excluding carboxylic acids is 2. The van der Waals surface area contributed by atoms with Gasteiger partial charge in [-0.1, -0.05) is 75.6 Å². The van der Waals surface area contributed by atoms with Crippen molar-refractivity contribution in [1.82, 2.24) is 9.80 Å². The summed E-state index contributed by atoms with van der Waals surface area (Å²) in [6, 6.07) is 7.91. The zero-order chi connectivity index (χ0) is 22.5. The number of carbonyl (C=O) groups is 2. The monoisotopic (exact) mass is 428 g/mol. The molecule has 1 aliphatic heterocycles. The van der Waals surface area contributed by atoms with E-state index in [-0.39, 0.29) is 11.7 Å². The molecular weight excluding hydrogens is 396 g/mol. The lowest BCUT2D eigenvalue weighted by atomic mass is 10.1. The number of amides is 1. The fourth-order valence-electron chi connectivity index (χ4n) is 2.98. The zero-order valence-corrected chi connectivity index (χ0v) is 19.4. The standard InChI is InChI=1S/C17H24N2O2.C8H9Cl/c1-5-7-9-16(15(4)20)19-12-11-18(13-14(19)3)17(21)10-8-6-2;1-2-7-5-3-4-6-8(7)9/h9H,3,5-7,11-13H2,1-2,4H3;3-6H,2H2,1H3/b16-9-;. The van der Waals surface area contributed by atoms with Crippen molar-refractivity contribution in [3.8, 4) is 11.8 Å². The molecule has 0 saturated carbocycles. The predicted molar refractivity (Wildman–Crippen MR) is 125 cm³/mol. The second kappa shape index (κ2) is 13.7. The van der Waals surface area contributed by atoms with Crippen LogP contribution in [-0.4, -0.2) is 41.1 Å². The second-order valence-electron chi connectivity index (χ2n) is 6.98. The van der Waals surface area contributed by atoms with Crippen LogP contribution in [0.1, 0.15) is 52.5 Å². The van der Waals surface area contributed by atoms with Gasteiger partial charge in [0.25, 0.3) is 5.91 Å². The van der Waals surface area contributed by atoms with Crippen molar-refractivity contribution in [3.05, 3.63) is 58.9 Å². The summed E-state index contributed by atoms with van der Waals surface area (Å²) in [6.45, 7) is 13.2. The minimum absolute atomic E-state index is 0.0372. The highest BCUT2D eigenvalue weighted by Crippen LogP contribution is 2.19. The number of halogens is 1. The SMILES string of the molecule is C=C1CN(C(=O)C#CCC)CCN1/C(=C\CCC)C(C)=O.CCc1ccccc1Cl. The number of ketones is 1. The maximum Gasteiger partial charge on any atom is 0.298 e. The normalized spacial score (nSPS) is 13.8. The Morgan fingerprint density at radius 3 is 2.40 bits per heavy atom. The van der Waals surface area contributed by atoms with Crippen LogP contribution in [0.2, 0.25) is 5.02 Å². The lowest BCUT2D eigenvalue weighted by Gasteiger charge is -2.37. The molecule has 5 heteroatoms. The van der Waals surface area contributed by atoms with Gasteiger partial charge in [-0.25, -0.2) is 0 Å². The van der Waals surface area contributed by atoms with Gasteiger partial charge < -0.3 is 9.80 Å². The van der Waals surface area contributed by atoms with Gasteiger partial charge in [-0.15, -0.1) is 0 Å². The van der Waals surface area contributed by atoms with Crippen LogP contribution in [-0.2, 0) is 16.0 Å². The number of hydrogen-bond donors (Lipinski definition) is 0. The largest absolute Gasteiger partial charge is 0.340 e. The highest BCUT2D eigenvalue weighted by atomic mass is 35.5. The third-order valence-electron chi connectivity index (χ3n) is 4.62. The molecule has 30 heavy (non-hydrogen) atoms. The Kier molecular flexibility index (Phi) is 11.6. The van der Waals surface area contributed by atoms with Gasteiger partial charge in [0.2, 0.25) is 0 Å². The van der Waals surface area contributed by atoms with Crippen molar-refractivity contribution in [2.24, 2.45) is 0 Å². The van der Waals surface area contributed by atoms with Gasteiger partial charge in [0, 0.05) is 37.2 Å². The number of nitrogens with zero attached hydrogens (tertiary/aromatic N) is 2. The number of aryl methyl sites for hydroxylation is 1. The number of rotatable bonds is 5. The maximum atomic E-state index is 11.9. The Morgan fingerprint density at radius 1 is 1.20 bits per heavy atom. The van der Waals surface area contributed by atoms with Crippen LogP contribution in [0.4, 0.5) is 0 Å². The quantitative estimate of drug-likeness (QED) is 0.476. The summed E-state index contributed by atoms with van der Waals surface area (Å²) in [7, 11) is 0. The molecule has 0 aromatic heterocycles. The molecule has 162 valence electrons. The summed E-state index contributed by atoms with van der Waals surface area (Å²) in [4.78, 5) is 27.3. The van der Waals surface area contributed by atoms with E-state index in [1.807, 2.05) is 42.2 Å². The predicted octanol–water partition coefficient (Wildman–Crippen LogP) is 5.23. The zero-order valence-electron chi connectivity index (χ0n) is 18.6. The van der Waals surface area contributed by atoms with Crippen molar-refractivity contribution >= 4 is 23.3 Å². The molecule has 0 N–H and O–H groups in total. The summed E-state index contributed by atoms with van der Waals surface area (Å²) in [5.74, 6) is 5.28. The van der Waals surface area contributed by atoms with Gasteiger partial charge >= 0.3 is 0 Å². The molecule has 0 unspecified atom stereocenters. The first-order chi connectivity index (χ1) is 14.3. The smallest absolute Gasteiger partial charge is 0.298 e. The number of Topliss-reactive ketones (excluding diaryl/α,β-unsaturated/α-hetero) is 1. The average Bonchev–Trinajstić information content (AvgIpc) is 2.73. The van der Waals surface area contributed by atoms with Gasteiger partial charge in [0.1, 0.15) is 0 Å². The first-order valence-corrected chi connectivity index (χ1v) is 10.9. The van der Waals surface area contributed by atoms with E-state index in [4.69, 9.17) is 11.6 Å². The molecule has 0 spiro atoms. The number of allylic oxidation sites excluding steroid dienone is 2. The molecule has 0 bridgehead atoms. The Balaban J connectivity index is 0.000000414. The van der Waals surface area contributed by atoms with Crippen molar-refractivity contribution < 1.29 is 9.59 Å². The van der Waals surface area contributed by atoms with Crippen molar-refractivity contribution in [1.29, 1.82) is 0 Å². The van der Waals surface area contributed by atoms with E-state index in [0.29, 0.717) is 31.8 Å². The molecule has 1 saturated heterocycles. The molecule has 1 aromatic rings. The topological polar surface area (TPSA) is 40.6 Å². The highest BCUT2D eigenvalue weighted by Gasteiger charge is 2.25. The van der Waals surface area contributed by atoms with E-state index in [9.17, 15) is 9.59 Å². The lowest BCUT2D eigenvalue weighted by molar-refractivity contribution is -0.125. The molecule has 1 heterocycles. The first-order valence-electron chi connectivity index (χ1n) is 10.5. The van der Waals surface area contributed by atoms with Crippen LogP contribution in [0.15, 0.2) is 48.3 Å². The van der Waals surface area contributed by atoms with E-state index in [2.05, 4.69) is 32.3 Å². The van der Waals surface area contributed by atoms with E-state index < -0.39 is 0 Å². The lowest BCUT2D eigenvalue weighted by Crippen LogP contribution is -2.47. The maximum absolute atomic E-state index is 11.9. The number of benzene rings is 1. The highest BCUT2D eigenvalue weighted by molar-refractivity contribution is 6.31. The van der Waals surface area contributed by atoms with E-state index in [0.717, 1.165) is 30.0 Å². The second-order valence-corrected chi connectivity index (χ2v) is 7.39. The molecule has 0 atom stereocenters. The summed E-state index contributed by atoms with van der Waals surface area (Å²) in [5.41, 5.74) is 2.68. The number of piperazine rings is 1. The van der Waals surface area contributed by atoms with E-state index in [1.165, 1.54) is 5.56 Å². The van der Waals surface area contributed by atoms with Crippen LogP contribution in [0.3, 0.4) is 0 Å². The first kappa shape index (κ1) is 25.5. The third kappa shape index (κ3) is 8.08. The van der Waals surface area contributed by atoms with Gasteiger partial charge in [0.05, 0.1) is 12.2 Å². The molecule has 1 aromatic carbocycles. The Morgan fingerprint density at radius 2 is 1.90 bits per heavy atom. The van der Waals surface area contributed by atoms with Crippen LogP contribution in [0.5, 0.6) is 0 Å². The minimum Gasteiger partial charge on any atom is -0.340 e. The summed E-state index contributed by atoms with van der Waals surface area (Å²) < 4.78 is 0. The summed E-state index contributed by atoms with van der Waals surface area (Å²) >= 11 is 5.82. The molecule has 4 nitrogen and oxygen atoms in total. The molecule has 1 aliphatic rings. The summed E-state index contributed by atoms with van der Waals surface area (Å²) in [6.07, 6.45) is 5.50. The Bertz CT molecular complexity index is 833. The molecule has 2 rings (SSSR count).